The molecule has 0 aliphatic carbocycles. The van der Waals surface area contributed by atoms with E-state index >= 15 is 0 Å². The summed E-state index contributed by atoms with van der Waals surface area (Å²) in [5.41, 5.74) is 0.980. The molecule has 0 atom stereocenters. The van der Waals surface area contributed by atoms with E-state index in [0.717, 1.165) is 37.2 Å². The molecule has 0 unspecified atom stereocenters. The Bertz CT molecular complexity index is 505. The molecule has 1 aromatic carbocycles. The quantitative estimate of drug-likeness (QED) is 0.846. The molecule has 1 N–H and O–H groups in total. The molecule has 5 nitrogen and oxygen atoms in total. The van der Waals surface area contributed by atoms with E-state index < -0.39 is 0 Å². The molecule has 1 aliphatic heterocycles. The number of benzene rings is 1. The molecule has 22 heavy (non-hydrogen) atoms. The van der Waals surface area contributed by atoms with Crippen molar-refractivity contribution in [2.45, 2.75) is 32.7 Å². The summed E-state index contributed by atoms with van der Waals surface area (Å²) in [6, 6.07) is 7.49. The van der Waals surface area contributed by atoms with Crippen LogP contribution in [0.3, 0.4) is 0 Å². The molecule has 5 heteroatoms. The van der Waals surface area contributed by atoms with E-state index in [2.05, 4.69) is 12.2 Å². The van der Waals surface area contributed by atoms with Crippen molar-refractivity contribution in [2.75, 3.05) is 20.2 Å². The molecule has 1 heterocycles. The van der Waals surface area contributed by atoms with Gasteiger partial charge in [0.2, 0.25) is 11.8 Å². The van der Waals surface area contributed by atoms with Crippen molar-refractivity contribution in [2.24, 2.45) is 5.92 Å². The van der Waals surface area contributed by atoms with Gasteiger partial charge in [-0.05, 0) is 36.5 Å². The van der Waals surface area contributed by atoms with Crippen molar-refractivity contribution in [3.05, 3.63) is 29.8 Å². The van der Waals surface area contributed by atoms with Gasteiger partial charge in [0.1, 0.15) is 12.2 Å². The van der Waals surface area contributed by atoms with Crippen LogP contribution in [0.25, 0.3) is 0 Å². The highest BCUT2D eigenvalue weighted by molar-refractivity contribution is 5.96. The van der Waals surface area contributed by atoms with Gasteiger partial charge in [0, 0.05) is 19.6 Å². The SMILES string of the molecule is COc1ccc(CNC(=O)CC(=O)N2CCC(C)CC2)cc1. The van der Waals surface area contributed by atoms with E-state index in [1.165, 1.54) is 0 Å². The number of carbonyl (C=O) groups excluding carboxylic acids is 2. The summed E-state index contributed by atoms with van der Waals surface area (Å²) >= 11 is 0. The van der Waals surface area contributed by atoms with Gasteiger partial charge in [-0.3, -0.25) is 9.59 Å². The number of rotatable bonds is 5. The van der Waals surface area contributed by atoms with Crippen LogP contribution in [0.4, 0.5) is 0 Å². The van der Waals surface area contributed by atoms with Crippen LogP contribution in [0.15, 0.2) is 24.3 Å². The normalized spacial score (nSPS) is 15.5. The highest BCUT2D eigenvalue weighted by Gasteiger charge is 2.21. The van der Waals surface area contributed by atoms with Gasteiger partial charge in [-0.1, -0.05) is 19.1 Å². The molecule has 0 aromatic heterocycles. The first kappa shape index (κ1) is 16.3. The van der Waals surface area contributed by atoms with Crippen LogP contribution in [-0.2, 0) is 16.1 Å². The highest BCUT2D eigenvalue weighted by atomic mass is 16.5. The summed E-state index contributed by atoms with van der Waals surface area (Å²) in [5, 5.41) is 2.79. The third-order valence-electron chi connectivity index (χ3n) is 4.10. The molecular weight excluding hydrogens is 280 g/mol. The first-order valence-corrected chi connectivity index (χ1v) is 7.76. The van der Waals surface area contributed by atoms with Gasteiger partial charge >= 0.3 is 0 Å². The number of methoxy groups -OCH3 is 1. The Kier molecular flexibility index (Phi) is 5.81. The van der Waals surface area contributed by atoms with Crippen LogP contribution in [-0.4, -0.2) is 36.9 Å². The van der Waals surface area contributed by atoms with Gasteiger partial charge in [0.25, 0.3) is 0 Å². The molecule has 0 saturated carbocycles. The third-order valence-corrected chi connectivity index (χ3v) is 4.10. The largest absolute Gasteiger partial charge is 0.497 e. The van der Waals surface area contributed by atoms with Crippen molar-refractivity contribution in [1.29, 1.82) is 0 Å². The summed E-state index contributed by atoms with van der Waals surface area (Å²) in [4.78, 5) is 25.7. The van der Waals surface area contributed by atoms with Crippen LogP contribution in [0.1, 0.15) is 31.7 Å². The molecule has 1 fully saturated rings. The predicted octanol–water partition coefficient (Wildman–Crippen LogP) is 1.96. The smallest absolute Gasteiger partial charge is 0.232 e. The molecule has 0 bridgehead atoms. The number of nitrogens with one attached hydrogen (secondary N) is 1. The average molecular weight is 304 g/mol. The van der Waals surface area contributed by atoms with Crippen LogP contribution < -0.4 is 10.1 Å². The lowest BCUT2D eigenvalue weighted by molar-refractivity contribution is -0.137. The fourth-order valence-electron chi connectivity index (χ4n) is 2.51. The number of amides is 2. The Labute approximate surface area is 131 Å². The summed E-state index contributed by atoms with van der Waals surface area (Å²) < 4.78 is 5.08. The van der Waals surface area contributed by atoms with Gasteiger partial charge < -0.3 is 15.0 Å². The van der Waals surface area contributed by atoms with Crippen molar-refractivity contribution in [3.63, 3.8) is 0 Å². The van der Waals surface area contributed by atoms with E-state index in [0.29, 0.717) is 12.5 Å². The van der Waals surface area contributed by atoms with E-state index in [9.17, 15) is 9.59 Å². The molecule has 0 radical (unpaired) electrons. The fraction of sp³-hybridized carbons (Fsp3) is 0.529. The Morgan fingerprint density at radius 3 is 2.45 bits per heavy atom. The molecule has 2 rings (SSSR count). The number of carbonyl (C=O) groups is 2. The third kappa shape index (κ3) is 4.76. The van der Waals surface area contributed by atoms with Crippen LogP contribution >= 0.6 is 0 Å². The zero-order chi connectivity index (χ0) is 15.9. The molecule has 2 amide bonds. The topological polar surface area (TPSA) is 58.6 Å². The Balaban J connectivity index is 1.73. The highest BCUT2D eigenvalue weighted by Crippen LogP contribution is 2.16. The monoisotopic (exact) mass is 304 g/mol. The number of ether oxygens (including phenoxy) is 1. The van der Waals surface area contributed by atoms with Crippen LogP contribution in [0.5, 0.6) is 5.75 Å². The minimum atomic E-state index is -0.223. The predicted molar refractivity (Wildman–Crippen MR) is 84.4 cm³/mol. The van der Waals surface area contributed by atoms with E-state index in [1.807, 2.05) is 24.3 Å². The summed E-state index contributed by atoms with van der Waals surface area (Å²) in [5.74, 6) is 1.16. The number of nitrogens with zero attached hydrogens (tertiary/aromatic N) is 1. The van der Waals surface area contributed by atoms with Crippen molar-refractivity contribution in [1.82, 2.24) is 10.2 Å². The number of hydrogen-bond acceptors (Lipinski definition) is 3. The zero-order valence-corrected chi connectivity index (χ0v) is 13.3. The van der Waals surface area contributed by atoms with Gasteiger partial charge in [0.15, 0.2) is 0 Å². The molecule has 120 valence electrons. The van der Waals surface area contributed by atoms with Crippen molar-refractivity contribution < 1.29 is 14.3 Å². The average Bonchev–Trinajstić information content (AvgIpc) is 2.54. The van der Waals surface area contributed by atoms with Gasteiger partial charge in [-0.2, -0.15) is 0 Å². The Morgan fingerprint density at radius 2 is 1.86 bits per heavy atom. The van der Waals surface area contributed by atoms with Gasteiger partial charge in [-0.15, -0.1) is 0 Å². The first-order chi connectivity index (χ1) is 10.6. The van der Waals surface area contributed by atoms with Gasteiger partial charge in [-0.25, -0.2) is 0 Å². The molecule has 1 aliphatic rings. The number of hydrogen-bond donors (Lipinski definition) is 1. The van der Waals surface area contributed by atoms with Crippen LogP contribution in [0.2, 0.25) is 0 Å². The van der Waals surface area contributed by atoms with Crippen molar-refractivity contribution >= 4 is 11.8 Å². The second-order valence-electron chi connectivity index (χ2n) is 5.86. The Hall–Kier alpha value is -2.04. The molecular formula is C17H24N2O3. The lowest BCUT2D eigenvalue weighted by atomic mass is 9.99. The summed E-state index contributed by atoms with van der Waals surface area (Å²) in [7, 11) is 1.61. The minimum Gasteiger partial charge on any atom is -0.497 e. The maximum absolute atomic E-state index is 12.1. The minimum absolute atomic E-state index is 0.0649. The van der Waals surface area contributed by atoms with Crippen LogP contribution in [0, 0.1) is 5.92 Å². The Morgan fingerprint density at radius 1 is 1.23 bits per heavy atom. The van der Waals surface area contributed by atoms with E-state index in [1.54, 1.807) is 12.0 Å². The summed E-state index contributed by atoms with van der Waals surface area (Å²) in [6.07, 6.45) is 1.99. The standard InChI is InChI=1S/C17H24N2O3/c1-13-7-9-19(10-8-13)17(21)11-16(20)18-12-14-3-5-15(22-2)6-4-14/h3-6,13H,7-12H2,1-2H3,(H,18,20). The maximum Gasteiger partial charge on any atom is 0.232 e. The molecule has 1 saturated heterocycles. The fourth-order valence-corrected chi connectivity index (χ4v) is 2.51. The molecule has 1 aromatic rings. The second-order valence-corrected chi connectivity index (χ2v) is 5.86. The number of likely N-dealkylation sites (tertiary alicyclic amines) is 1. The molecule has 0 spiro atoms. The van der Waals surface area contributed by atoms with E-state index in [-0.39, 0.29) is 18.2 Å². The zero-order valence-electron chi connectivity index (χ0n) is 13.3. The van der Waals surface area contributed by atoms with E-state index in [4.69, 9.17) is 4.74 Å². The maximum atomic E-state index is 12.1. The number of piperidine rings is 1. The lowest BCUT2D eigenvalue weighted by Crippen LogP contribution is -2.40. The van der Waals surface area contributed by atoms with Crippen molar-refractivity contribution in [3.8, 4) is 5.75 Å². The van der Waals surface area contributed by atoms with Gasteiger partial charge in [0.05, 0.1) is 7.11 Å². The second kappa shape index (κ2) is 7.82. The summed E-state index contributed by atoms with van der Waals surface area (Å²) in [6.45, 7) is 4.16. The first-order valence-electron chi connectivity index (χ1n) is 7.76. The lowest BCUT2D eigenvalue weighted by Gasteiger charge is -2.30.